The van der Waals surface area contributed by atoms with Crippen molar-refractivity contribution in [2.75, 3.05) is 13.7 Å². The Balaban J connectivity index is 1.89. The SMILES string of the molecule is COc1ccc(C2NC(=O)NC(C)=C2C(=O)OCC(C)C)cc1OCc1ccc(Cl)cc1. The van der Waals surface area contributed by atoms with Gasteiger partial charge in [0.15, 0.2) is 11.5 Å². The molecule has 2 aromatic rings. The Morgan fingerprint density at radius 2 is 1.84 bits per heavy atom. The Morgan fingerprint density at radius 1 is 1.12 bits per heavy atom. The Kier molecular flexibility index (Phi) is 7.64. The number of hydrogen-bond acceptors (Lipinski definition) is 5. The van der Waals surface area contributed by atoms with Crippen molar-refractivity contribution < 1.29 is 23.8 Å². The highest BCUT2D eigenvalue weighted by molar-refractivity contribution is 6.30. The summed E-state index contributed by atoms with van der Waals surface area (Å²) in [6.07, 6.45) is 0. The molecule has 1 heterocycles. The molecule has 0 spiro atoms. The first-order valence-corrected chi connectivity index (χ1v) is 10.7. The normalized spacial score (nSPS) is 15.8. The van der Waals surface area contributed by atoms with Crippen molar-refractivity contribution in [1.29, 1.82) is 0 Å². The van der Waals surface area contributed by atoms with Crippen LogP contribution in [0.25, 0.3) is 0 Å². The smallest absolute Gasteiger partial charge is 0.338 e. The highest BCUT2D eigenvalue weighted by Crippen LogP contribution is 2.35. The first-order chi connectivity index (χ1) is 15.3. The number of urea groups is 1. The molecule has 2 aromatic carbocycles. The average molecular weight is 459 g/mol. The number of halogens is 1. The first kappa shape index (κ1) is 23.5. The molecule has 1 aliphatic rings. The van der Waals surface area contributed by atoms with E-state index in [-0.39, 0.29) is 12.5 Å². The van der Waals surface area contributed by atoms with E-state index >= 15 is 0 Å². The number of allylic oxidation sites excluding steroid dienone is 1. The standard InChI is InChI=1S/C24H27ClN2O5/c1-14(2)12-32-23(28)21-15(3)26-24(29)27-22(21)17-7-10-19(30-4)20(11-17)31-13-16-5-8-18(25)9-6-16/h5-11,14,22H,12-13H2,1-4H3,(H2,26,27,29). The van der Waals surface area contributed by atoms with E-state index in [1.54, 1.807) is 44.4 Å². The van der Waals surface area contributed by atoms with Gasteiger partial charge in [0.2, 0.25) is 0 Å². The van der Waals surface area contributed by atoms with Crippen molar-refractivity contribution in [2.45, 2.75) is 33.4 Å². The predicted molar refractivity (Wildman–Crippen MR) is 122 cm³/mol. The summed E-state index contributed by atoms with van der Waals surface area (Å²) >= 11 is 5.94. The van der Waals surface area contributed by atoms with Crippen molar-refractivity contribution in [1.82, 2.24) is 10.6 Å². The van der Waals surface area contributed by atoms with Crippen LogP contribution in [0.4, 0.5) is 4.79 Å². The Bertz CT molecular complexity index is 1020. The van der Waals surface area contributed by atoms with E-state index in [9.17, 15) is 9.59 Å². The summed E-state index contributed by atoms with van der Waals surface area (Å²) in [6, 6.07) is 11.5. The van der Waals surface area contributed by atoms with Crippen LogP contribution in [0.3, 0.4) is 0 Å². The van der Waals surface area contributed by atoms with E-state index in [4.69, 9.17) is 25.8 Å². The second-order valence-electron chi connectivity index (χ2n) is 7.89. The van der Waals surface area contributed by atoms with Crippen molar-refractivity contribution in [3.05, 3.63) is 69.9 Å². The van der Waals surface area contributed by atoms with Gasteiger partial charge in [-0.3, -0.25) is 0 Å². The van der Waals surface area contributed by atoms with Gasteiger partial charge >= 0.3 is 12.0 Å². The van der Waals surface area contributed by atoms with Crippen LogP contribution >= 0.6 is 11.6 Å². The van der Waals surface area contributed by atoms with Gasteiger partial charge in [0.1, 0.15) is 6.61 Å². The number of ether oxygens (including phenoxy) is 3. The van der Waals surface area contributed by atoms with Gasteiger partial charge in [-0.15, -0.1) is 0 Å². The molecule has 170 valence electrons. The summed E-state index contributed by atoms with van der Waals surface area (Å²) in [6.45, 7) is 6.18. The summed E-state index contributed by atoms with van der Waals surface area (Å²) in [5.41, 5.74) is 2.40. The van der Waals surface area contributed by atoms with Crippen LogP contribution < -0.4 is 20.1 Å². The van der Waals surface area contributed by atoms with Gasteiger partial charge in [-0.25, -0.2) is 9.59 Å². The summed E-state index contributed by atoms with van der Waals surface area (Å²) in [7, 11) is 1.55. The molecule has 0 fully saturated rings. The van der Waals surface area contributed by atoms with Gasteiger partial charge < -0.3 is 24.8 Å². The number of amides is 2. The molecule has 7 nitrogen and oxygen atoms in total. The van der Waals surface area contributed by atoms with Crippen LogP contribution in [-0.4, -0.2) is 25.7 Å². The van der Waals surface area contributed by atoms with E-state index < -0.39 is 18.0 Å². The summed E-state index contributed by atoms with van der Waals surface area (Å²) in [5, 5.41) is 6.10. The number of carbonyl (C=O) groups excluding carboxylic acids is 2. The zero-order chi connectivity index (χ0) is 23.3. The Morgan fingerprint density at radius 3 is 2.50 bits per heavy atom. The highest BCUT2D eigenvalue weighted by atomic mass is 35.5. The molecule has 1 aliphatic heterocycles. The number of benzene rings is 2. The maximum Gasteiger partial charge on any atom is 0.338 e. The number of hydrogen-bond donors (Lipinski definition) is 2. The quantitative estimate of drug-likeness (QED) is 0.557. The molecule has 1 unspecified atom stereocenters. The highest BCUT2D eigenvalue weighted by Gasteiger charge is 2.33. The molecule has 0 aliphatic carbocycles. The van der Waals surface area contributed by atoms with Crippen molar-refractivity contribution in [2.24, 2.45) is 5.92 Å². The number of carbonyl (C=O) groups is 2. The third-order valence-corrected chi connectivity index (χ3v) is 5.12. The molecule has 0 saturated carbocycles. The predicted octanol–water partition coefficient (Wildman–Crippen LogP) is 4.75. The second kappa shape index (κ2) is 10.4. The van der Waals surface area contributed by atoms with Crippen LogP contribution in [0.1, 0.15) is 37.9 Å². The molecule has 0 aromatic heterocycles. The summed E-state index contributed by atoms with van der Waals surface area (Å²) in [5.74, 6) is 0.736. The summed E-state index contributed by atoms with van der Waals surface area (Å²) < 4.78 is 16.8. The molecule has 2 amide bonds. The van der Waals surface area contributed by atoms with Gasteiger partial charge in [-0.2, -0.15) is 0 Å². The van der Waals surface area contributed by atoms with Crippen molar-refractivity contribution in [3.8, 4) is 11.5 Å². The van der Waals surface area contributed by atoms with Gasteiger partial charge in [0, 0.05) is 10.7 Å². The van der Waals surface area contributed by atoms with Crippen LogP contribution in [0, 0.1) is 5.92 Å². The number of rotatable bonds is 8. The minimum Gasteiger partial charge on any atom is -0.493 e. The largest absolute Gasteiger partial charge is 0.493 e. The average Bonchev–Trinajstić information content (AvgIpc) is 2.76. The summed E-state index contributed by atoms with van der Waals surface area (Å²) in [4.78, 5) is 25.0. The van der Waals surface area contributed by atoms with Gasteiger partial charge in [-0.05, 0) is 48.2 Å². The monoisotopic (exact) mass is 458 g/mol. The van der Waals surface area contributed by atoms with Crippen LogP contribution in [-0.2, 0) is 16.1 Å². The van der Waals surface area contributed by atoms with Crippen LogP contribution in [0.15, 0.2) is 53.7 Å². The lowest BCUT2D eigenvalue weighted by molar-refractivity contribution is -0.140. The van der Waals surface area contributed by atoms with Crippen LogP contribution in [0.5, 0.6) is 11.5 Å². The zero-order valence-electron chi connectivity index (χ0n) is 18.5. The molecule has 3 rings (SSSR count). The molecule has 2 N–H and O–H groups in total. The molecule has 0 bridgehead atoms. The van der Waals surface area contributed by atoms with Gasteiger partial charge in [0.25, 0.3) is 0 Å². The van der Waals surface area contributed by atoms with Gasteiger partial charge in [-0.1, -0.05) is 43.6 Å². The van der Waals surface area contributed by atoms with E-state index in [0.717, 1.165) is 5.56 Å². The molecule has 32 heavy (non-hydrogen) atoms. The fourth-order valence-corrected chi connectivity index (χ4v) is 3.39. The van der Waals surface area contributed by atoms with Crippen molar-refractivity contribution >= 4 is 23.6 Å². The maximum absolute atomic E-state index is 12.8. The molecule has 0 saturated heterocycles. The Labute approximate surface area is 192 Å². The fourth-order valence-electron chi connectivity index (χ4n) is 3.26. The minimum atomic E-state index is -0.688. The molecule has 8 heteroatoms. The lowest BCUT2D eigenvalue weighted by atomic mass is 9.95. The number of esters is 1. The number of nitrogens with one attached hydrogen (secondary N) is 2. The van der Waals surface area contributed by atoms with E-state index in [2.05, 4.69) is 10.6 Å². The third kappa shape index (κ3) is 5.73. The van der Waals surface area contributed by atoms with E-state index in [1.807, 2.05) is 26.0 Å². The maximum atomic E-state index is 12.8. The zero-order valence-corrected chi connectivity index (χ0v) is 19.3. The van der Waals surface area contributed by atoms with E-state index in [1.165, 1.54) is 0 Å². The topological polar surface area (TPSA) is 85.9 Å². The first-order valence-electron chi connectivity index (χ1n) is 10.3. The van der Waals surface area contributed by atoms with E-state index in [0.29, 0.717) is 40.0 Å². The van der Waals surface area contributed by atoms with Crippen LogP contribution in [0.2, 0.25) is 5.02 Å². The third-order valence-electron chi connectivity index (χ3n) is 4.87. The second-order valence-corrected chi connectivity index (χ2v) is 8.32. The molecular weight excluding hydrogens is 432 g/mol. The molecule has 1 atom stereocenters. The lowest BCUT2D eigenvalue weighted by Gasteiger charge is -2.28. The van der Waals surface area contributed by atoms with Crippen molar-refractivity contribution in [3.63, 3.8) is 0 Å². The van der Waals surface area contributed by atoms with Gasteiger partial charge in [0.05, 0.1) is 25.3 Å². The molecular formula is C24H27ClN2O5. The number of methoxy groups -OCH3 is 1. The molecule has 0 radical (unpaired) electrons. The Hall–Kier alpha value is -3.19. The fraction of sp³-hybridized carbons (Fsp3) is 0.333. The lowest BCUT2D eigenvalue weighted by Crippen LogP contribution is -2.45. The minimum absolute atomic E-state index is 0.193.